The van der Waals surface area contributed by atoms with Crippen LogP contribution in [-0.2, 0) is 9.59 Å². The molecule has 0 amide bonds. The molecule has 0 aliphatic heterocycles. The SMILES string of the molecule is O=C1C=CC(=[OH+])C=C1.O=C1C=CC(=[OH+])C=C1.[Cl-].[Cl-]. The van der Waals surface area contributed by atoms with Gasteiger partial charge in [0, 0.05) is 24.3 Å². The van der Waals surface area contributed by atoms with Crippen LogP contribution in [0.2, 0.25) is 0 Å². The summed E-state index contributed by atoms with van der Waals surface area (Å²) in [4.78, 5) is 37.9. The van der Waals surface area contributed by atoms with Gasteiger partial charge in [-0.15, -0.1) is 0 Å². The molecule has 0 spiro atoms. The van der Waals surface area contributed by atoms with Crippen molar-refractivity contribution in [2.24, 2.45) is 0 Å². The Morgan fingerprint density at radius 2 is 0.778 bits per heavy atom. The van der Waals surface area contributed by atoms with Gasteiger partial charge in [-0.05, 0) is 24.3 Å². The largest absolute Gasteiger partial charge is 1.00 e. The van der Waals surface area contributed by atoms with E-state index in [1.807, 2.05) is 0 Å². The van der Waals surface area contributed by atoms with E-state index in [1.54, 1.807) is 0 Å². The van der Waals surface area contributed by atoms with E-state index in [0.717, 1.165) is 0 Å². The van der Waals surface area contributed by atoms with Crippen LogP contribution in [0.1, 0.15) is 0 Å². The first kappa shape index (κ1) is 18.6. The molecule has 2 N–H and O–H groups in total. The minimum Gasteiger partial charge on any atom is -1.00 e. The van der Waals surface area contributed by atoms with Crippen molar-refractivity contribution in [3.05, 3.63) is 48.6 Å². The van der Waals surface area contributed by atoms with E-state index in [9.17, 15) is 9.59 Å². The van der Waals surface area contributed by atoms with Crippen molar-refractivity contribution in [3.63, 3.8) is 0 Å². The Kier molecular flexibility index (Phi) is 9.57. The zero-order valence-electron chi connectivity index (χ0n) is 9.09. The molecular weight excluding hydrogens is 279 g/mol. The van der Waals surface area contributed by atoms with Gasteiger partial charge in [0.05, 0.1) is 0 Å². The van der Waals surface area contributed by atoms with E-state index in [1.165, 1.54) is 48.6 Å². The van der Waals surface area contributed by atoms with Crippen molar-refractivity contribution < 1.29 is 44.0 Å². The normalized spacial score (nSPS) is 15.6. The maximum atomic E-state index is 10.3. The molecule has 18 heavy (non-hydrogen) atoms. The highest BCUT2D eigenvalue weighted by Crippen LogP contribution is 1.91. The summed E-state index contributed by atoms with van der Waals surface area (Å²) < 4.78 is 0. The number of rotatable bonds is 0. The van der Waals surface area contributed by atoms with Gasteiger partial charge >= 0.3 is 11.6 Å². The average Bonchev–Trinajstić information content (AvgIpc) is 2.28. The second-order valence-corrected chi connectivity index (χ2v) is 2.99. The molecule has 0 unspecified atom stereocenters. The lowest BCUT2D eigenvalue weighted by atomic mass is 10.2. The molecule has 2 aliphatic rings. The Labute approximate surface area is 116 Å². The molecular formula is C12H10Cl2O4. The van der Waals surface area contributed by atoms with Crippen LogP contribution in [0, 0.1) is 0 Å². The number of ketones is 4. The first-order chi connectivity index (χ1) is 7.58. The molecule has 96 valence electrons. The fourth-order valence-corrected chi connectivity index (χ4v) is 0.892. The molecule has 0 radical (unpaired) electrons. The molecule has 0 atom stereocenters. The summed E-state index contributed by atoms with van der Waals surface area (Å²) in [6, 6.07) is 0. The first-order valence-corrected chi connectivity index (χ1v) is 4.50. The third-order valence-corrected chi connectivity index (χ3v) is 1.67. The van der Waals surface area contributed by atoms with Gasteiger partial charge in [0.15, 0.2) is 11.6 Å². The first-order valence-electron chi connectivity index (χ1n) is 4.50. The molecule has 2 aliphatic carbocycles. The lowest BCUT2D eigenvalue weighted by Gasteiger charge is -1.83. The lowest BCUT2D eigenvalue weighted by Crippen LogP contribution is -3.00. The van der Waals surface area contributed by atoms with Crippen LogP contribution in [0.4, 0.5) is 0 Å². The molecule has 0 saturated heterocycles. The Morgan fingerprint density at radius 3 is 0.944 bits per heavy atom. The minimum atomic E-state index is -0.0807. The Morgan fingerprint density at radius 1 is 0.556 bits per heavy atom. The van der Waals surface area contributed by atoms with Gasteiger partial charge in [0.2, 0.25) is 0 Å². The quantitative estimate of drug-likeness (QED) is 0.329. The summed E-state index contributed by atoms with van der Waals surface area (Å²) in [5.41, 5.74) is 0. The van der Waals surface area contributed by atoms with Crippen LogP contribution in [-0.4, -0.2) is 32.7 Å². The Bertz CT molecular complexity index is 350. The summed E-state index contributed by atoms with van der Waals surface area (Å²) in [5, 5.41) is 0. The van der Waals surface area contributed by atoms with Crippen molar-refractivity contribution in [2.75, 3.05) is 0 Å². The summed E-state index contributed by atoms with van der Waals surface area (Å²) in [6.07, 6.45) is 10.7. The van der Waals surface area contributed by atoms with Crippen LogP contribution in [0.15, 0.2) is 48.6 Å². The van der Waals surface area contributed by atoms with E-state index in [2.05, 4.69) is 0 Å². The molecule has 4 nitrogen and oxygen atoms in total. The van der Waals surface area contributed by atoms with E-state index >= 15 is 0 Å². The molecule has 0 aromatic carbocycles. The van der Waals surface area contributed by atoms with Crippen molar-refractivity contribution in [3.8, 4) is 0 Å². The van der Waals surface area contributed by atoms with Crippen molar-refractivity contribution in [1.29, 1.82) is 0 Å². The van der Waals surface area contributed by atoms with Gasteiger partial charge in [-0.25, -0.2) is 0 Å². The molecule has 0 bridgehead atoms. The zero-order valence-corrected chi connectivity index (χ0v) is 10.6. The van der Waals surface area contributed by atoms with E-state index < -0.39 is 0 Å². The van der Waals surface area contributed by atoms with Gasteiger partial charge in [0.1, 0.15) is 0 Å². The summed E-state index contributed by atoms with van der Waals surface area (Å²) in [7, 11) is 0. The fourth-order valence-electron chi connectivity index (χ4n) is 0.892. The molecule has 0 fully saturated rings. The molecule has 2 rings (SSSR count). The summed E-state index contributed by atoms with van der Waals surface area (Å²) >= 11 is 0. The van der Waals surface area contributed by atoms with E-state index in [0.29, 0.717) is 0 Å². The zero-order chi connectivity index (χ0) is 12.0. The maximum Gasteiger partial charge on any atom is 0.340 e. The number of carbonyl (C=O) groups excluding carboxylic acids is 4. The molecule has 0 saturated carbocycles. The van der Waals surface area contributed by atoms with Crippen LogP contribution in [0.3, 0.4) is 0 Å². The van der Waals surface area contributed by atoms with Gasteiger partial charge in [-0.1, -0.05) is 0 Å². The van der Waals surface area contributed by atoms with Crippen molar-refractivity contribution in [2.45, 2.75) is 0 Å². The Hall–Kier alpha value is -1.78. The standard InChI is InChI=1S/2C6H4O2.2ClH/c2*7-5-1-2-6(8)4-3-5;;/h2*1-4H;2*1H. The van der Waals surface area contributed by atoms with Crippen LogP contribution >= 0.6 is 0 Å². The summed E-state index contributed by atoms with van der Waals surface area (Å²) in [6.45, 7) is 0. The van der Waals surface area contributed by atoms with Crippen LogP contribution in [0.25, 0.3) is 0 Å². The average molecular weight is 289 g/mol. The van der Waals surface area contributed by atoms with Gasteiger partial charge in [0.25, 0.3) is 0 Å². The predicted molar refractivity (Wildman–Crippen MR) is 60.5 cm³/mol. The maximum absolute atomic E-state index is 10.3. The smallest absolute Gasteiger partial charge is 0.340 e. The van der Waals surface area contributed by atoms with Crippen LogP contribution in [0.5, 0.6) is 0 Å². The minimum absolute atomic E-state index is 0. The van der Waals surface area contributed by atoms with E-state index in [-0.39, 0.29) is 47.9 Å². The number of allylic oxidation sites excluding steroid dienone is 8. The van der Waals surface area contributed by atoms with Gasteiger partial charge < -0.3 is 24.8 Å². The predicted octanol–water partition coefficient (Wildman–Crippen LogP) is -5.54. The monoisotopic (exact) mass is 288 g/mol. The highest BCUT2D eigenvalue weighted by molar-refractivity contribution is 6.15. The van der Waals surface area contributed by atoms with Gasteiger partial charge in [-0.3, -0.25) is 19.2 Å². The molecule has 0 aromatic rings. The highest BCUT2D eigenvalue weighted by Gasteiger charge is 2.04. The second kappa shape index (κ2) is 9.27. The van der Waals surface area contributed by atoms with Gasteiger partial charge in [-0.2, -0.15) is 0 Å². The number of carbonyl (C=O) groups is 2. The second-order valence-electron chi connectivity index (χ2n) is 2.99. The lowest BCUT2D eigenvalue weighted by molar-refractivity contribution is -0.111. The molecule has 6 heteroatoms. The molecule has 0 heterocycles. The third kappa shape index (κ3) is 7.49. The molecule has 0 aromatic heterocycles. The fraction of sp³-hybridized carbons (Fsp3) is 0. The number of hydrogen-bond donors (Lipinski definition) is 0. The highest BCUT2D eigenvalue weighted by atomic mass is 35.5. The number of halogens is 2. The third-order valence-electron chi connectivity index (χ3n) is 1.67. The van der Waals surface area contributed by atoms with E-state index in [4.69, 9.17) is 9.59 Å². The summed E-state index contributed by atoms with van der Waals surface area (Å²) in [5.74, 6) is 0.0970. The number of hydrogen-bond acceptors (Lipinski definition) is 2. The van der Waals surface area contributed by atoms with Crippen molar-refractivity contribution in [1.82, 2.24) is 0 Å². The topological polar surface area (TPSA) is 76.9 Å². The van der Waals surface area contributed by atoms with Crippen molar-refractivity contribution >= 4 is 23.1 Å². The Balaban J connectivity index is 0. The van der Waals surface area contributed by atoms with Crippen LogP contribution < -0.4 is 24.8 Å².